The van der Waals surface area contributed by atoms with Crippen molar-refractivity contribution in [2.24, 2.45) is 11.7 Å². The average molecular weight is 374 g/mol. The Morgan fingerprint density at radius 3 is 2.63 bits per heavy atom. The fourth-order valence-corrected chi connectivity index (χ4v) is 2.76. The molecule has 3 atom stereocenters. The maximum atomic E-state index is 12.1. The fraction of sp³-hybridized carbons (Fsp3) is 0.421. The number of carbonyl (C=O) groups excluding carboxylic acids is 2. The summed E-state index contributed by atoms with van der Waals surface area (Å²) in [5.74, 6) is -2.16. The van der Waals surface area contributed by atoms with Crippen molar-refractivity contribution in [3.63, 3.8) is 0 Å². The minimum atomic E-state index is -1.14. The largest absolute Gasteiger partial charge is 0.480 e. The number of hydrogen-bond acceptors (Lipinski definition) is 4. The van der Waals surface area contributed by atoms with Crippen LogP contribution in [0.3, 0.4) is 0 Å². The number of carboxylic acids is 1. The van der Waals surface area contributed by atoms with Gasteiger partial charge in [0.15, 0.2) is 0 Å². The summed E-state index contributed by atoms with van der Waals surface area (Å²) in [7, 11) is 0. The Morgan fingerprint density at radius 1 is 1.26 bits per heavy atom. The first kappa shape index (κ1) is 20.4. The van der Waals surface area contributed by atoms with Crippen LogP contribution in [0.2, 0.25) is 0 Å². The van der Waals surface area contributed by atoms with E-state index in [0.717, 1.165) is 22.9 Å². The Kier molecular flexibility index (Phi) is 6.95. The quantitative estimate of drug-likeness (QED) is 0.441. The first-order chi connectivity index (χ1) is 12.8. The molecule has 146 valence electrons. The van der Waals surface area contributed by atoms with Crippen molar-refractivity contribution in [1.29, 1.82) is 0 Å². The second-order valence-corrected chi connectivity index (χ2v) is 6.65. The number of carbonyl (C=O) groups is 3. The van der Waals surface area contributed by atoms with Gasteiger partial charge in [-0.15, -0.1) is 0 Å². The van der Waals surface area contributed by atoms with Crippen LogP contribution < -0.4 is 16.4 Å². The van der Waals surface area contributed by atoms with Crippen LogP contribution in [-0.4, -0.2) is 46.5 Å². The van der Waals surface area contributed by atoms with Crippen molar-refractivity contribution in [3.8, 4) is 0 Å². The SMILES string of the molecule is CC[C@H](C)[C@H](N)C(=O)NCC(=O)N[C@@H](Cc1c[nH]c2ccccc12)C(=O)O. The number of H-pyrrole nitrogens is 1. The molecule has 0 radical (unpaired) electrons. The van der Waals surface area contributed by atoms with Gasteiger partial charge in [0.05, 0.1) is 12.6 Å². The monoisotopic (exact) mass is 374 g/mol. The van der Waals surface area contributed by atoms with Gasteiger partial charge in [-0.25, -0.2) is 4.79 Å². The zero-order valence-electron chi connectivity index (χ0n) is 15.5. The highest BCUT2D eigenvalue weighted by Gasteiger charge is 2.23. The van der Waals surface area contributed by atoms with Crippen LogP contribution in [-0.2, 0) is 20.8 Å². The second kappa shape index (κ2) is 9.18. The highest BCUT2D eigenvalue weighted by atomic mass is 16.4. The highest BCUT2D eigenvalue weighted by molar-refractivity contribution is 5.90. The fourth-order valence-electron chi connectivity index (χ4n) is 2.76. The molecule has 0 unspecified atom stereocenters. The number of hydrogen-bond donors (Lipinski definition) is 5. The lowest BCUT2D eigenvalue weighted by Gasteiger charge is -2.18. The number of aromatic nitrogens is 1. The molecule has 1 aromatic carbocycles. The Morgan fingerprint density at radius 2 is 1.96 bits per heavy atom. The van der Waals surface area contributed by atoms with Crippen LogP contribution in [0.15, 0.2) is 30.5 Å². The van der Waals surface area contributed by atoms with Gasteiger partial charge in [0, 0.05) is 23.5 Å². The van der Waals surface area contributed by atoms with Crippen LogP contribution in [0.25, 0.3) is 10.9 Å². The van der Waals surface area contributed by atoms with Gasteiger partial charge in [0.1, 0.15) is 6.04 Å². The Hall–Kier alpha value is -2.87. The highest BCUT2D eigenvalue weighted by Crippen LogP contribution is 2.19. The van der Waals surface area contributed by atoms with Gasteiger partial charge in [-0.2, -0.15) is 0 Å². The minimum absolute atomic E-state index is 0.0123. The Balaban J connectivity index is 1.95. The molecule has 1 heterocycles. The lowest BCUT2D eigenvalue weighted by molar-refractivity contribution is -0.141. The predicted octanol–water partition coefficient (Wildman–Crippen LogP) is 0.769. The number of aromatic amines is 1. The van der Waals surface area contributed by atoms with Crippen molar-refractivity contribution >= 4 is 28.7 Å². The molecule has 0 aliphatic carbocycles. The number of rotatable bonds is 9. The molecule has 0 saturated carbocycles. The molecule has 0 aliphatic rings. The summed E-state index contributed by atoms with van der Waals surface area (Å²) < 4.78 is 0. The van der Waals surface area contributed by atoms with Gasteiger partial charge in [-0.05, 0) is 17.5 Å². The second-order valence-electron chi connectivity index (χ2n) is 6.65. The summed E-state index contributed by atoms with van der Waals surface area (Å²) in [4.78, 5) is 38.6. The molecule has 2 aromatic rings. The smallest absolute Gasteiger partial charge is 0.326 e. The molecule has 1 aromatic heterocycles. The molecule has 0 saturated heterocycles. The van der Waals surface area contributed by atoms with Gasteiger partial charge in [0.25, 0.3) is 0 Å². The summed E-state index contributed by atoms with van der Waals surface area (Å²) >= 11 is 0. The van der Waals surface area contributed by atoms with E-state index < -0.39 is 29.9 Å². The van der Waals surface area contributed by atoms with Crippen molar-refractivity contribution in [2.75, 3.05) is 6.54 Å². The summed E-state index contributed by atoms with van der Waals surface area (Å²) in [6.07, 6.45) is 2.61. The molecule has 27 heavy (non-hydrogen) atoms. The van der Waals surface area contributed by atoms with Gasteiger partial charge in [0.2, 0.25) is 11.8 Å². The Labute approximate surface area is 157 Å². The standard InChI is InChI=1S/C19H26N4O4/c1-3-11(2)17(20)18(25)22-10-16(24)23-15(19(26)27)8-12-9-21-14-7-5-4-6-13(12)14/h4-7,9,11,15,17,21H,3,8,10,20H2,1-2H3,(H,22,25)(H,23,24)(H,26,27)/t11-,15-,17-/m0/s1. The number of carboxylic acid groups (broad SMARTS) is 1. The lowest BCUT2D eigenvalue weighted by atomic mass is 9.99. The van der Waals surface area contributed by atoms with Crippen LogP contribution >= 0.6 is 0 Å². The molecular weight excluding hydrogens is 348 g/mol. The molecular formula is C19H26N4O4. The number of nitrogens with one attached hydrogen (secondary N) is 3. The van der Waals surface area contributed by atoms with Crippen molar-refractivity contribution < 1.29 is 19.5 Å². The molecule has 0 bridgehead atoms. The van der Waals surface area contributed by atoms with E-state index in [1.54, 1.807) is 6.20 Å². The third-order valence-electron chi connectivity index (χ3n) is 4.72. The predicted molar refractivity (Wildman–Crippen MR) is 102 cm³/mol. The van der Waals surface area contributed by atoms with Crippen LogP contribution in [0.1, 0.15) is 25.8 Å². The number of amides is 2. The van der Waals surface area contributed by atoms with Gasteiger partial charge >= 0.3 is 5.97 Å². The Bertz CT molecular complexity index is 817. The van der Waals surface area contributed by atoms with E-state index in [4.69, 9.17) is 5.73 Å². The van der Waals surface area contributed by atoms with E-state index in [1.165, 1.54) is 0 Å². The molecule has 0 spiro atoms. The van der Waals surface area contributed by atoms with Gasteiger partial charge in [-0.3, -0.25) is 9.59 Å². The minimum Gasteiger partial charge on any atom is -0.480 e. The summed E-state index contributed by atoms with van der Waals surface area (Å²) in [6.45, 7) is 3.46. The molecule has 2 rings (SSSR count). The van der Waals surface area contributed by atoms with E-state index in [-0.39, 0.29) is 18.9 Å². The van der Waals surface area contributed by atoms with Crippen molar-refractivity contribution in [3.05, 3.63) is 36.0 Å². The van der Waals surface area contributed by atoms with E-state index in [2.05, 4.69) is 15.6 Å². The summed E-state index contributed by atoms with van der Waals surface area (Å²) in [5, 5.41) is 15.2. The molecule has 8 heteroatoms. The average Bonchev–Trinajstić information content (AvgIpc) is 3.07. The topological polar surface area (TPSA) is 137 Å². The van der Waals surface area contributed by atoms with Crippen LogP contribution in [0.4, 0.5) is 0 Å². The maximum absolute atomic E-state index is 12.1. The third-order valence-corrected chi connectivity index (χ3v) is 4.72. The first-order valence-electron chi connectivity index (χ1n) is 8.93. The number of benzene rings is 1. The van der Waals surface area contributed by atoms with E-state index >= 15 is 0 Å². The molecule has 2 amide bonds. The molecule has 6 N–H and O–H groups in total. The number of para-hydroxylation sites is 1. The summed E-state index contributed by atoms with van der Waals surface area (Å²) in [6, 6.07) is 5.72. The van der Waals surface area contributed by atoms with E-state index in [0.29, 0.717) is 0 Å². The number of fused-ring (bicyclic) bond motifs is 1. The zero-order chi connectivity index (χ0) is 20.0. The van der Waals surface area contributed by atoms with E-state index in [1.807, 2.05) is 38.1 Å². The van der Waals surface area contributed by atoms with Crippen LogP contribution in [0.5, 0.6) is 0 Å². The normalized spacial score (nSPS) is 14.3. The first-order valence-corrected chi connectivity index (χ1v) is 8.93. The molecule has 0 aliphatic heterocycles. The van der Waals surface area contributed by atoms with Crippen LogP contribution in [0, 0.1) is 5.92 Å². The van der Waals surface area contributed by atoms with Gasteiger partial charge < -0.3 is 26.5 Å². The zero-order valence-corrected chi connectivity index (χ0v) is 15.5. The number of aliphatic carboxylic acids is 1. The van der Waals surface area contributed by atoms with Crippen molar-refractivity contribution in [2.45, 2.75) is 38.8 Å². The molecule has 8 nitrogen and oxygen atoms in total. The van der Waals surface area contributed by atoms with Crippen molar-refractivity contribution in [1.82, 2.24) is 15.6 Å². The summed E-state index contributed by atoms with van der Waals surface area (Å²) in [5.41, 5.74) is 7.50. The lowest BCUT2D eigenvalue weighted by Crippen LogP contribution is -2.50. The number of nitrogens with two attached hydrogens (primary N) is 1. The molecule has 0 fully saturated rings. The van der Waals surface area contributed by atoms with E-state index in [9.17, 15) is 19.5 Å². The third kappa shape index (κ3) is 5.30. The van der Waals surface area contributed by atoms with Gasteiger partial charge in [-0.1, -0.05) is 38.5 Å². The maximum Gasteiger partial charge on any atom is 0.326 e.